The molecule has 0 atom stereocenters. The van der Waals surface area contributed by atoms with E-state index in [1.165, 1.54) is 50.4 Å². The van der Waals surface area contributed by atoms with Crippen molar-refractivity contribution in [3.8, 4) is 17.6 Å². The van der Waals surface area contributed by atoms with Crippen molar-refractivity contribution in [3.05, 3.63) is 141 Å². The number of nitrogens with zero attached hydrogens (tertiary/aromatic N) is 5. The maximum atomic E-state index is 13.1. The second kappa shape index (κ2) is 14.9. The van der Waals surface area contributed by atoms with Gasteiger partial charge in [0.05, 0.1) is 59.6 Å². The second-order valence-electron chi connectivity index (χ2n) is 12.3. The number of aromatic nitrogens is 2. The number of amides is 4. The molecule has 0 fully saturated rings. The topological polar surface area (TPSA) is 154 Å². The number of carbonyl (C=O) groups is 4. The predicted octanol–water partition coefficient (Wildman–Crippen LogP) is 7.20. The standard InChI is InChI=1S/C20H15FN2O3.C19H13FN2O3.C2H3N/c1-11-15-16(18(26-2)14-4-3-9-22-17(11)14)20(25)23(19(15)24)10-12-5-7-13(21)8-6-12;1-10-14-15(17(23)13-3-2-8-21-16(10)13)19(25)22(18(14)24)9-11-4-6-12(20)7-5-11;1-2-3/h3-9H,10H2,1-2H3;2-8,23H,9H2,1H3;1H3. The highest BCUT2D eigenvalue weighted by molar-refractivity contribution is 6.26. The average Bonchev–Trinajstić information content (AvgIpc) is 3.57. The Hall–Kier alpha value is -7.07. The van der Waals surface area contributed by atoms with Crippen molar-refractivity contribution in [2.45, 2.75) is 33.9 Å². The van der Waals surface area contributed by atoms with Gasteiger partial charge in [0.25, 0.3) is 23.6 Å². The van der Waals surface area contributed by atoms with E-state index in [-0.39, 0.29) is 41.3 Å². The number of aromatic hydroxyl groups is 1. The van der Waals surface area contributed by atoms with Crippen molar-refractivity contribution in [2.24, 2.45) is 0 Å². The van der Waals surface area contributed by atoms with E-state index in [0.717, 1.165) is 9.80 Å². The number of rotatable bonds is 5. The Morgan fingerprint density at radius 1 is 0.667 bits per heavy atom. The molecular formula is C41H31F2N5O6. The van der Waals surface area contributed by atoms with Crippen LogP contribution < -0.4 is 4.74 Å². The summed E-state index contributed by atoms with van der Waals surface area (Å²) in [5.74, 6) is -2.49. The van der Waals surface area contributed by atoms with E-state index in [0.29, 0.717) is 55.4 Å². The van der Waals surface area contributed by atoms with Crippen LogP contribution in [0, 0.1) is 36.8 Å². The van der Waals surface area contributed by atoms with Gasteiger partial charge >= 0.3 is 0 Å². The first-order valence-corrected chi connectivity index (χ1v) is 16.5. The normalized spacial score (nSPS) is 12.9. The van der Waals surface area contributed by atoms with E-state index in [2.05, 4.69) is 9.97 Å². The molecule has 0 aliphatic carbocycles. The summed E-state index contributed by atoms with van der Waals surface area (Å²) >= 11 is 0. The smallest absolute Gasteiger partial charge is 0.265 e. The molecule has 270 valence electrons. The highest BCUT2D eigenvalue weighted by atomic mass is 19.1. The molecule has 0 spiro atoms. The summed E-state index contributed by atoms with van der Waals surface area (Å²) in [6.07, 6.45) is 3.21. The predicted molar refractivity (Wildman–Crippen MR) is 194 cm³/mol. The molecule has 4 heterocycles. The number of methoxy groups -OCH3 is 1. The zero-order chi connectivity index (χ0) is 38.8. The third-order valence-electron chi connectivity index (χ3n) is 9.09. The SMILES string of the molecule is CC#N.COc1c2c(c(C)c3ncccc13)C(=O)N(Cc1ccc(F)cc1)C2=O.Cc1c2c(c(O)c3cccnc13)C(=O)N(Cc1ccc(F)cc1)C2=O. The van der Waals surface area contributed by atoms with E-state index in [9.17, 15) is 33.1 Å². The summed E-state index contributed by atoms with van der Waals surface area (Å²) in [4.78, 5) is 62.2. The molecule has 2 aromatic heterocycles. The van der Waals surface area contributed by atoms with Crippen molar-refractivity contribution < 1.29 is 37.8 Å². The van der Waals surface area contributed by atoms with Crippen molar-refractivity contribution in [1.82, 2.24) is 19.8 Å². The van der Waals surface area contributed by atoms with Gasteiger partial charge in [-0.3, -0.25) is 38.9 Å². The first-order chi connectivity index (χ1) is 25.9. The average molecular weight is 728 g/mol. The molecule has 54 heavy (non-hydrogen) atoms. The first kappa shape index (κ1) is 36.7. The van der Waals surface area contributed by atoms with Crippen LogP contribution in [-0.4, -0.2) is 55.6 Å². The molecule has 0 unspecified atom stereocenters. The van der Waals surface area contributed by atoms with Gasteiger partial charge in [-0.05, 0) is 84.6 Å². The van der Waals surface area contributed by atoms with Gasteiger partial charge in [-0.25, -0.2) is 8.78 Å². The lowest BCUT2D eigenvalue weighted by atomic mass is 9.98. The van der Waals surface area contributed by atoms with E-state index >= 15 is 0 Å². The third-order valence-corrected chi connectivity index (χ3v) is 9.09. The Bertz CT molecular complexity index is 2490. The number of hydrogen-bond acceptors (Lipinski definition) is 9. The monoisotopic (exact) mass is 727 g/mol. The lowest BCUT2D eigenvalue weighted by Gasteiger charge is -2.14. The highest BCUT2D eigenvalue weighted by Gasteiger charge is 2.42. The van der Waals surface area contributed by atoms with Gasteiger partial charge in [-0.15, -0.1) is 0 Å². The number of nitriles is 1. The molecule has 13 heteroatoms. The minimum atomic E-state index is -0.560. The fourth-order valence-corrected chi connectivity index (χ4v) is 6.61. The zero-order valence-corrected chi connectivity index (χ0v) is 29.5. The first-order valence-electron chi connectivity index (χ1n) is 16.5. The number of halogens is 2. The number of aryl methyl sites for hydroxylation is 2. The number of phenols is 1. The van der Waals surface area contributed by atoms with Crippen molar-refractivity contribution in [2.75, 3.05) is 7.11 Å². The largest absolute Gasteiger partial charge is 0.506 e. The Kier molecular flexibility index (Phi) is 10.1. The Labute approximate surface area is 307 Å². The zero-order valence-electron chi connectivity index (χ0n) is 29.5. The molecule has 0 bridgehead atoms. The number of benzene rings is 4. The second-order valence-corrected chi connectivity index (χ2v) is 12.3. The Balaban J connectivity index is 0.000000172. The van der Waals surface area contributed by atoms with Crippen LogP contribution in [0.1, 0.15) is 70.6 Å². The number of imide groups is 2. The molecule has 6 aromatic rings. The maximum absolute atomic E-state index is 13.1. The molecule has 0 radical (unpaired) electrons. The summed E-state index contributed by atoms with van der Waals surface area (Å²) in [5, 5.41) is 19.0. The van der Waals surface area contributed by atoms with Gasteiger partial charge < -0.3 is 9.84 Å². The molecule has 0 saturated heterocycles. The summed E-state index contributed by atoms with van der Waals surface area (Å²) in [7, 11) is 1.47. The van der Waals surface area contributed by atoms with Crippen LogP contribution in [0.3, 0.4) is 0 Å². The third kappa shape index (κ3) is 6.34. The number of fused-ring (bicyclic) bond motifs is 4. The summed E-state index contributed by atoms with van der Waals surface area (Å²) in [5.41, 5.74) is 4.38. The quantitative estimate of drug-likeness (QED) is 0.182. The van der Waals surface area contributed by atoms with Crippen LogP contribution in [0.4, 0.5) is 8.78 Å². The molecule has 2 aliphatic heterocycles. The van der Waals surface area contributed by atoms with Gasteiger partial charge in [0.15, 0.2) is 0 Å². The van der Waals surface area contributed by atoms with Gasteiger partial charge in [-0.2, -0.15) is 5.26 Å². The van der Waals surface area contributed by atoms with Gasteiger partial charge in [0.2, 0.25) is 0 Å². The van der Waals surface area contributed by atoms with Gasteiger partial charge in [0, 0.05) is 30.1 Å². The highest BCUT2D eigenvalue weighted by Crippen LogP contribution is 2.41. The molecule has 8 rings (SSSR count). The van der Waals surface area contributed by atoms with E-state index in [1.807, 2.05) is 6.07 Å². The Morgan fingerprint density at radius 3 is 1.52 bits per heavy atom. The number of pyridine rings is 2. The molecule has 1 N–H and O–H groups in total. The van der Waals surface area contributed by atoms with E-state index in [1.54, 1.807) is 62.6 Å². The minimum absolute atomic E-state index is 0.00473. The van der Waals surface area contributed by atoms with Crippen LogP contribution in [0.5, 0.6) is 11.5 Å². The molecule has 2 aliphatic rings. The molecule has 4 aromatic carbocycles. The van der Waals surface area contributed by atoms with Crippen molar-refractivity contribution in [3.63, 3.8) is 0 Å². The molecule has 11 nitrogen and oxygen atoms in total. The van der Waals surface area contributed by atoms with E-state index in [4.69, 9.17) is 10.00 Å². The minimum Gasteiger partial charge on any atom is -0.506 e. The van der Waals surface area contributed by atoms with Gasteiger partial charge in [0.1, 0.15) is 23.1 Å². The number of carbonyl (C=O) groups excluding carboxylic acids is 4. The number of phenolic OH excluding ortho intramolecular Hbond substituents is 1. The van der Waals surface area contributed by atoms with Crippen LogP contribution >= 0.6 is 0 Å². The van der Waals surface area contributed by atoms with Crippen LogP contribution in [0.15, 0.2) is 85.2 Å². The van der Waals surface area contributed by atoms with E-state index < -0.39 is 29.4 Å². The maximum Gasteiger partial charge on any atom is 0.265 e. The molecule has 0 saturated carbocycles. The summed E-state index contributed by atoms with van der Waals surface area (Å²) < 4.78 is 31.6. The van der Waals surface area contributed by atoms with Crippen LogP contribution in [0.25, 0.3) is 21.8 Å². The Morgan fingerprint density at radius 2 is 1.06 bits per heavy atom. The lowest BCUT2D eigenvalue weighted by molar-refractivity contribution is 0.0626. The fourth-order valence-electron chi connectivity index (χ4n) is 6.61. The summed E-state index contributed by atoms with van der Waals surface area (Å²) in [6, 6.07) is 19.9. The van der Waals surface area contributed by atoms with Crippen LogP contribution in [0.2, 0.25) is 0 Å². The van der Waals surface area contributed by atoms with Crippen molar-refractivity contribution >= 4 is 45.4 Å². The van der Waals surface area contributed by atoms with Crippen LogP contribution in [-0.2, 0) is 13.1 Å². The molecule has 4 amide bonds. The summed E-state index contributed by atoms with van der Waals surface area (Å²) in [6.45, 7) is 4.99. The number of hydrogen-bond donors (Lipinski definition) is 1. The number of ether oxygens (including phenoxy) is 1. The fraction of sp³-hybridized carbons (Fsp3) is 0.146. The van der Waals surface area contributed by atoms with Crippen molar-refractivity contribution in [1.29, 1.82) is 5.26 Å². The van der Waals surface area contributed by atoms with Gasteiger partial charge in [-0.1, -0.05) is 24.3 Å². The lowest BCUT2D eigenvalue weighted by Crippen LogP contribution is -2.29. The molecular weight excluding hydrogens is 696 g/mol.